The molecule has 162 valence electrons. The Morgan fingerprint density at radius 2 is 1.53 bits per heavy atom. The van der Waals surface area contributed by atoms with Gasteiger partial charge >= 0.3 is 0 Å². The lowest BCUT2D eigenvalue weighted by molar-refractivity contribution is -0.120. The maximum absolute atomic E-state index is 13.5. The van der Waals surface area contributed by atoms with Gasteiger partial charge in [-0.05, 0) is 48.4 Å². The Morgan fingerprint density at radius 3 is 2.22 bits per heavy atom. The number of para-hydroxylation sites is 3. The molecule has 1 aliphatic heterocycles. The summed E-state index contributed by atoms with van der Waals surface area (Å²) < 4.78 is 11.1. The van der Waals surface area contributed by atoms with Gasteiger partial charge in [0.25, 0.3) is 11.8 Å². The number of rotatable bonds is 8. The topological polar surface area (TPSA) is 67.9 Å². The number of anilines is 2. The lowest BCUT2D eigenvalue weighted by Crippen LogP contribution is -2.32. The number of hydrogen-bond acceptors (Lipinski definition) is 5. The van der Waals surface area contributed by atoms with Crippen LogP contribution in [-0.2, 0) is 9.59 Å². The average Bonchev–Trinajstić information content (AvgIpc) is 3.08. The number of methoxy groups -OCH3 is 1. The van der Waals surface area contributed by atoms with Crippen molar-refractivity contribution in [3.63, 3.8) is 0 Å². The molecule has 0 aromatic heterocycles. The van der Waals surface area contributed by atoms with Gasteiger partial charge in [0.1, 0.15) is 17.2 Å². The van der Waals surface area contributed by atoms with E-state index >= 15 is 0 Å². The summed E-state index contributed by atoms with van der Waals surface area (Å²) in [7, 11) is 1.56. The largest absolute Gasteiger partial charge is 0.495 e. The third-order valence-corrected chi connectivity index (χ3v) is 5.08. The average molecular weight is 428 g/mol. The monoisotopic (exact) mass is 428 g/mol. The predicted octanol–water partition coefficient (Wildman–Crippen LogP) is 4.88. The van der Waals surface area contributed by atoms with E-state index in [0.717, 1.165) is 6.42 Å². The van der Waals surface area contributed by atoms with E-state index in [9.17, 15) is 9.59 Å². The number of carbonyl (C=O) groups is 2. The molecule has 0 spiro atoms. The fourth-order valence-corrected chi connectivity index (χ4v) is 3.55. The molecule has 0 atom stereocenters. The molecule has 2 amide bonds. The number of carbonyl (C=O) groups excluding carboxylic acids is 2. The molecule has 3 aromatic rings. The normalized spacial score (nSPS) is 13.5. The second-order valence-electron chi connectivity index (χ2n) is 7.23. The third-order valence-electron chi connectivity index (χ3n) is 5.08. The van der Waals surface area contributed by atoms with E-state index in [1.54, 1.807) is 55.6 Å². The maximum atomic E-state index is 13.5. The van der Waals surface area contributed by atoms with Crippen molar-refractivity contribution in [1.29, 1.82) is 0 Å². The fraction of sp³-hybridized carbons (Fsp3) is 0.154. The Kier molecular flexibility index (Phi) is 6.22. The highest BCUT2D eigenvalue weighted by atomic mass is 16.5. The Labute approximate surface area is 187 Å². The van der Waals surface area contributed by atoms with Crippen LogP contribution in [0.25, 0.3) is 5.57 Å². The Hall–Kier alpha value is -4.06. The molecule has 0 radical (unpaired) electrons. The van der Waals surface area contributed by atoms with Crippen molar-refractivity contribution < 1.29 is 19.1 Å². The molecule has 6 nitrogen and oxygen atoms in total. The Morgan fingerprint density at radius 1 is 0.844 bits per heavy atom. The van der Waals surface area contributed by atoms with Gasteiger partial charge in [0.15, 0.2) is 0 Å². The lowest BCUT2D eigenvalue weighted by Gasteiger charge is -2.15. The number of amides is 2. The third kappa shape index (κ3) is 4.07. The molecule has 1 N–H and O–H groups in total. The Bertz CT molecular complexity index is 1150. The smallest absolute Gasteiger partial charge is 0.282 e. The molecular formula is C26H24N2O4. The van der Waals surface area contributed by atoms with Crippen LogP contribution in [0.15, 0.2) is 84.6 Å². The molecule has 4 rings (SSSR count). The standard InChI is InChI=1S/C26H24N2O4/c1-3-17-32-20-15-13-18(14-16-20)23-24(27-21-11-7-8-12-22(21)31-2)26(30)28(25(23)29)19-9-5-4-6-10-19/h4-16,27H,3,17H2,1-2H3. The molecular weight excluding hydrogens is 404 g/mol. The number of imide groups is 1. The van der Waals surface area contributed by atoms with Gasteiger partial charge in [-0.15, -0.1) is 0 Å². The van der Waals surface area contributed by atoms with Crippen molar-refractivity contribution in [1.82, 2.24) is 0 Å². The van der Waals surface area contributed by atoms with Crippen molar-refractivity contribution in [3.8, 4) is 11.5 Å². The lowest BCUT2D eigenvalue weighted by atomic mass is 10.0. The summed E-state index contributed by atoms with van der Waals surface area (Å²) >= 11 is 0. The van der Waals surface area contributed by atoms with Crippen LogP contribution in [0, 0.1) is 0 Å². The first kappa shape index (κ1) is 21.2. The van der Waals surface area contributed by atoms with Gasteiger partial charge in [0.05, 0.1) is 30.7 Å². The van der Waals surface area contributed by atoms with Gasteiger partial charge in [-0.1, -0.05) is 49.4 Å². The van der Waals surface area contributed by atoms with E-state index in [-0.39, 0.29) is 11.6 Å². The minimum atomic E-state index is -0.423. The van der Waals surface area contributed by atoms with E-state index in [4.69, 9.17) is 9.47 Å². The summed E-state index contributed by atoms with van der Waals surface area (Å²) in [6, 6.07) is 23.4. The molecule has 0 saturated heterocycles. The summed E-state index contributed by atoms with van der Waals surface area (Å²) in [6.07, 6.45) is 0.902. The summed E-state index contributed by atoms with van der Waals surface area (Å²) in [5, 5.41) is 3.15. The molecule has 0 aliphatic carbocycles. The van der Waals surface area contributed by atoms with Crippen molar-refractivity contribution in [2.75, 3.05) is 23.9 Å². The highest BCUT2D eigenvalue weighted by Crippen LogP contribution is 2.36. The molecule has 3 aromatic carbocycles. The number of ether oxygens (including phenoxy) is 2. The first-order valence-electron chi connectivity index (χ1n) is 10.5. The van der Waals surface area contributed by atoms with Gasteiger partial charge < -0.3 is 14.8 Å². The molecule has 6 heteroatoms. The van der Waals surface area contributed by atoms with E-state index in [2.05, 4.69) is 5.32 Å². The summed E-state index contributed by atoms with van der Waals surface area (Å²) in [6.45, 7) is 2.65. The quantitative estimate of drug-likeness (QED) is 0.518. The van der Waals surface area contributed by atoms with Crippen LogP contribution in [0.2, 0.25) is 0 Å². The van der Waals surface area contributed by atoms with E-state index in [1.165, 1.54) is 4.90 Å². The zero-order chi connectivity index (χ0) is 22.5. The summed E-state index contributed by atoms with van der Waals surface area (Å²) in [5.74, 6) is 0.474. The SMILES string of the molecule is CCCOc1ccc(C2=C(Nc3ccccc3OC)C(=O)N(c3ccccc3)C2=O)cc1. The second kappa shape index (κ2) is 9.39. The second-order valence-corrected chi connectivity index (χ2v) is 7.23. The van der Waals surface area contributed by atoms with Crippen LogP contribution < -0.4 is 19.7 Å². The fourth-order valence-electron chi connectivity index (χ4n) is 3.55. The van der Waals surface area contributed by atoms with Gasteiger partial charge in [0, 0.05) is 0 Å². The van der Waals surface area contributed by atoms with Crippen LogP contribution in [-0.4, -0.2) is 25.5 Å². The number of benzene rings is 3. The van der Waals surface area contributed by atoms with Crippen molar-refractivity contribution in [3.05, 3.63) is 90.1 Å². The molecule has 0 fully saturated rings. The molecule has 0 saturated carbocycles. The Balaban J connectivity index is 1.78. The van der Waals surface area contributed by atoms with Gasteiger partial charge in [-0.2, -0.15) is 0 Å². The molecule has 0 bridgehead atoms. The summed E-state index contributed by atoms with van der Waals surface area (Å²) in [4.78, 5) is 28.1. The van der Waals surface area contributed by atoms with Crippen LogP contribution >= 0.6 is 0 Å². The maximum Gasteiger partial charge on any atom is 0.282 e. The van der Waals surface area contributed by atoms with Crippen molar-refractivity contribution >= 4 is 28.8 Å². The van der Waals surface area contributed by atoms with Crippen LogP contribution in [0.3, 0.4) is 0 Å². The summed E-state index contributed by atoms with van der Waals surface area (Å²) in [5.41, 5.74) is 2.24. The first-order valence-corrected chi connectivity index (χ1v) is 10.5. The van der Waals surface area contributed by atoms with Crippen LogP contribution in [0.4, 0.5) is 11.4 Å². The zero-order valence-corrected chi connectivity index (χ0v) is 18.0. The zero-order valence-electron chi connectivity index (χ0n) is 18.0. The first-order chi connectivity index (χ1) is 15.6. The minimum absolute atomic E-state index is 0.200. The minimum Gasteiger partial charge on any atom is -0.495 e. The molecule has 1 heterocycles. The molecule has 32 heavy (non-hydrogen) atoms. The number of nitrogens with one attached hydrogen (secondary N) is 1. The number of nitrogens with zero attached hydrogens (tertiary/aromatic N) is 1. The van der Waals surface area contributed by atoms with E-state index in [0.29, 0.717) is 40.6 Å². The predicted molar refractivity (Wildman–Crippen MR) is 125 cm³/mol. The van der Waals surface area contributed by atoms with Crippen LogP contribution in [0.5, 0.6) is 11.5 Å². The van der Waals surface area contributed by atoms with Gasteiger partial charge in [0.2, 0.25) is 0 Å². The van der Waals surface area contributed by atoms with Crippen LogP contribution in [0.1, 0.15) is 18.9 Å². The highest BCUT2D eigenvalue weighted by molar-refractivity contribution is 6.46. The van der Waals surface area contributed by atoms with Gasteiger partial charge in [-0.3, -0.25) is 9.59 Å². The van der Waals surface area contributed by atoms with E-state index in [1.807, 2.05) is 37.3 Å². The van der Waals surface area contributed by atoms with E-state index < -0.39 is 5.91 Å². The molecule has 0 unspecified atom stereocenters. The number of hydrogen-bond donors (Lipinski definition) is 1. The van der Waals surface area contributed by atoms with Crippen molar-refractivity contribution in [2.45, 2.75) is 13.3 Å². The van der Waals surface area contributed by atoms with Gasteiger partial charge in [-0.25, -0.2) is 4.90 Å². The van der Waals surface area contributed by atoms with Crippen molar-refractivity contribution in [2.24, 2.45) is 0 Å². The molecule has 1 aliphatic rings. The highest BCUT2D eigenvalue weighted by Gasteiger charge is 2.40.